The van der Waals surface area contributed by atoms with Gasteiger partial charge in [-0.3, -0.25) is 4.99 Å². The zero-order chi connectivity index (χ0) is 21.2. The zero-order valence-corrected chi connectivity index (χ0v) is 21.7. The summed E-state index contributed by atoms with van der Waals surface area (Å²) in [5.41, 5.74) is 1.33. The average molecular weight is 546 g/mol. The second-order valence-corrected chi connectivity index (χ2v) is 8.35. The molecule has 3 rings (SSSR count). The van der Waals surface area contributed by atoms with Crippen LogP contribution in [0.15, 0.2) is 29.3 Å². The summed E-state index contributed by atoms with van der Waals surface area (Å²) in [5.74, 6) is 2.41. The predicted molar refractivity (Wildman–Crippen MR) is 137 cm³/mol. The third-order valence-electron chi connectivity index (χ3n) is 6.13. The first-order valence-electron chi connectivity index (χ1n) is 11.6. The summed E-state index contributed by atoms with van der Waals surface area (Å²) in [6, 6.07) is 8.37. The molecular weight excluding hydrogens is 505 g/mol. The van der Waals surface area contributed by atoms with Gasteiger partial charge in [0.2, 0.25) is 0 Å². The van der Waals surface area contributed by atoms with Crippen molar-refractivity contribution in [3.8, 4) is 5.75 Å². The Kier molecular flexibility index (Phi) is 12.0. The topological polar surface area (TPSA) is 55.3 Å². The van der Waals surface area contributed by atoms with Gasteiger partial charge in [0.15, 0.2) is 5.96 Å². The molecule has 2 unspecified atom stereocenters. The SMILES string of the molecule is CCNC(=NCCC(C)c1ccc(OC)cc1)N1CCC(OCC2CCCO2)CC1.I. The number of rotatable bonds is 9. The van der Waals surface area contributed by atoms with Crippen molar-refractivity contribution in [2.24, 2.45) is 4.99 Å². The van der Waals surface area contributed by atoms with Gasteiger partial charge in [0.05, 0.1) is 25.9 Å². The zero-order valence-electron chi connectivity index (χ0n) is 19.3. The molecule has 0 spiro atoms. The summed E-state index contributed by atoms with van der Waals surface area (Å²) in [6.45, 7) is 9.75. The third-order valence-corrected chi connectivity index (χ3v) is 6.13. The van der Waals surface area contributed by atoms with E-state index in [-0.39, 0.29) is 24.0 Å². The summed E-state index contributed by atoms with van der Waals surface area (Å²) in [6.07, 6.45) is 6.12. The second-order valence-electron chi connectivity index (χ2n) is 8.35. The lowest BCUT2D eigenvalue weighted by atomic mass is 9.98. The molecule has 2 heterocycles. The number of likely N-dealkylation sites (tertiary alicyclic amines) is 1. The average Bonchev–Trinajstić information content (AvgIpc) is 3.31. The minimum absolute atomic E-state index is 0. The number of aliphatic imine (C=N–C) groups is 1. The fraction of sp³-hybridized carbons (Fsp3) is 0.708. The molecule has 0 amide bonds. The van der Waals surface area contributed by atoms with E-state index in [2.05, 4.69) is 36.2 Å². The molecule has 2 aliphatic heterocycles. The summed E-state index contributed by atoms with van der Waals surface area (Å²) in [5, 5.41) is 3.47. The summed E-state index contributed by atoms with van der Waals surface area (Å²) in [4.78, 5) is 7.30. The van der Waals surface area contributed by atoms with Crippen molar-refractivity contribution < 1.29 is 14.2 Å². The highest BCUT2D eigenvalue weighted by atomic mass is 127. The van der Waals surface area contributed by atoms with Crippen LogP contribution in [0, 0.1) is 0 Å². The maximum atomic E-state index is 6.11. The van der Waals surface area contributed by atoms with Gasteiger partial charge in [-0.2, -0.15) is 0 Å². The Morgan fingerprint density at radius 3 is 2.58 bits per heavy atom. The van der Waals surface area contributed by atoms with Crippen LogP contribution >= 0.6 is 24.0 Å². The van der Waals surface area contributed by atoms with Crippen LogP contribution in [0.5, 0.6) is 5.75 Å². The first-order chi connectivity index (χ1) is 14.7. The highest BCUT2D eigenvalue weighted by Crippen LogP contribution is 2.22. The van der Waals surface area contributed by atoms with Crippen LogP contribution in [-0.4, -0.2) is 69.6 Å². The second kappa shape index (κ2) is 14.2. The maximum Gasteiger partial charge on any atom is 0.193 e. The Morgan fingerprint density at radius 1 is 1.23 bits per heavy atom. The lowest BCUT2D eigenvalue weighted by Gasteiger charge is -2.34. The normalized spacial score (nSPS) is 20.9. The Hall–Kier alpha value is -1.06. The number of piperidine rings is 1. The molecule has 6 nitrogen and oxygen atoms in total. The smallest absolute Gasteiger partial charge is 0.193 e. The molecule has 1 aromatic rings. The van der Waals surface area contributed by atoms with Gasteiger partial charge in [-0.05, 0) is 62.6 Å². The van der Waals surface area contributed by atoms with Crippen LogP contribution < -0.4 is 10.1 Å². The van der Waals surface area contributed by atoms with E-state index in [9.17, 15) is 0 Å². The molecule has 0 aromatic heterocycles. The van der Waals surface area contributed by atoms with Gasteiger partial charge >= 0.3 is 0 Å². The van der Waals surface area contributed by atoms with Gasteiger partial charge in [0.1, 0.15) is 5.75 Å². The molecule has 1 aromatic carbocycles. The van der Waals surface area contributed by atoms with Crippen molar-refractivity contribution >= 4 is 29.9 Å². The summed E-state index contributed by atoms with van der Waals surface area (Å²) < 4.78 is 17.0. The molecule has 31 heavy (non-hydrogen) atoms. The van der Waals surface area contributed by atoms with Crippen LogP contribution in [0.1, 0.15) is 57.4 Å². The van der Waals surface area contributed by atoms with Crippen molar-refractivity contribution in [2.75, 3.05) is 46.5 Å². The molecule has 2 fully saturated rings. The van der Waals surface area contributed by atoms with E-state index >= 15 is 0 Å². The van der Waals surface area contributed by atoms with E-state index in [1.807, 2.05) is 12.1 Å². The number of ether oxygens (including phenoxy) is 3. The molecular formula is C24H40IN3O3. The van der Waals surface area contributed by atoms with Gasteiger partial charge in [0, 0.05) is 32.8 Å². The number of nitrogens with zero attached hydrogens (tertiary/aromatic N) is 2. The number of hydrogen-bond acceptors (Lipinski definition) is 4. The van der Waals surface area contributed by atoms with Gasteiger partial charge < -0.3 is 24.4 Å². The van der Waals surface area contributed by atoms with Gasteiger partial charge in [-0.1, -0.05) is 19.1 Å². The molecule has 0 saturated carbocycles. The number of halogens is 1. The molecule has 2 aliphatic rings. The summed E-state index contributed by atoms with van der Waals surface area (Å²) >= 11 is 0. The van der Waals surface area contributed by atoms with Crippen molar-refractivity contribution in [1.82, 2.24) is 10.2 Å². The van der Waals surface area contributed by atoms with Crippen molar-refractivity contribution in [1.29, 1.82) is 0 Å². The number of nitrogens with one attached hydrogen (secondary N) is 1. The van der Waals surface area contributed by atoms with E-state index in [0.29, 0.717) is 18.1 Å². The number of hydrogen-bond donors (Lipinski definition) is 1. The Bertz CT molecular complexity index is 642. The van der Waals surface area contributed by atoms with E-state index in [1.165, 1.54) is 12.0 Å². The van der Waals surface area contributed by atoms with Crippen molar-refractivity contribution in [3.05, 3.63) is 29.8 Å². The first-order valence-corrected chi connectivity index (χ1v) is 11.6. The number of guanidine groups is 1. The molecule has 0 aliphatic carbocycles. The van der Waals surface area contributed by atoms with E-state index in [4.69, 9.17) is 19.2 Å². The van der Waals surface area contributed by atoms with Crippen LogP contribution in [0.25, 0.3) is 0 Å². The molecule has 2 atom stereocenters. The van der Waals surface area contributed by atoms with Crippen molar-refractivity contribution in [2.45, 2.75) is 64.1 Å². The highest BCUT2D eigenvalue weighted by molar-refractivity contribution is 14.0. The minimum Gasteiger partial charge on any atom is -0.497 e. The fourth-order valence-corrected chi connectivity index (χ4v) is 4.14. The lowest BCUT2D eigenvalue weighted by Crippen LogP contribution is -2.47. The standard InChI is InChI=1S/C24H39N3O3.HI/c1-4-25-24(26-14-11-19(2)20-7-9-21(28-3)10-8-20)27-15-12-22(13-16-27)30-18-23-6-5-17-29-23;/h7-10,19,22-23H,4-6,11-18H2,1-3H3,(H,25,26);1H. The molecule has 7 heteroatoms. The number of methoxy groups -OCH3 is 1. The quantitative estimate of drug-likeness (QED) is 0.283. The van der Waals surface area contributed by atoms with Gasteiger partial charge in [-0.15, -0.1) is 24.0 Å². The first kappa shape index (κ1) is 26.2. The Morgan fingerprint density at radius 2 is 1.97 bits per heavy atom. The highest BCUT2D eigenvalue weighted by Gasteiger charge is 2.24. The van der Waals surface area contributed by atoms with Gasteiger partial charge in [-0.25, -0.2) is 0 Å². The number of benzene rings is 1. The summed E-state index contributed by atoms with van der Waals surface area (Å²) in [7, 11) is 1.70. The van der Waals surface area contributed by atoms with Crippen LogP contribution in [0.2, 0.25) is 0 Å². The van der Waals surface area contributed by atoms with Crippen LogP contribution in [0.3, 0.4) is 0 Å². The monoisotopic (exact) mass is 545 g/mol. The van der Waals surface area contributed by atoms with Crippen LogP contribution in [0.4, 0.5) is 0 Å². The molecule has 2 saturated heterocycles. The lowest BCUT2D eigenvalue weighted by molar-refractivity contribution is -0.0367. The molecule has 0 radical (unpaired) electrons. The maximum absolute atomic E-state index is 6.11. The third kappa shape index (κ3) is 8.42. The Labute approximate surface area is 205 Å². The largest absolute Gasteiger partial charge is 0.497 e. The van der Waals surface area contributed by atoms with Crippen LogP contribution in [-0.2, 0) is 9.47 Å². The minimum atomic E-state index is 0. The molecule has 1 N–H and O–H groups in total. The van der Waals surface area contributed by atoms with Crippen molar-refractivity contribution in [3.63, 3.8) is 0 Å². The van der Waals surface area contributed by atoms with E-state index in [0.717, 1.165) is 76.8 Å². The Balaban J connectivity index is 0.00000341. The van der Waals surface area contributed by atoms with E-state index in [1.54, 1.807) is 7.11 Å². The van der Waals surface area contributed by atoms with Gasteiger partial charge in [0.25, 0.3) is 0 Å². The predicted octanol–water partition coefficient (Wildman–Crippen LogP) is 4.43. The fourth-order valence-electron chi connectivity index (χ4n) is 4.14. The van der Waals surface area contributed by atoms with E-state index < -0.39 is 0 Å². The molecule has 176 valence electrons. The molecule has 0 bridgehead atoms.